The number of anilines is 1. The molecule has 0 aromatic carbocycles. The number of pyridine rings is 1. The Kier molecular flexibility index (Phi) is 6.14. The van der Waals surface area contributed by atoms with Crippen LogP contribution in [-0.2, 0) is 25.5 Å². The van der Waals surface area contributed by atoms with Crippen LogP contribution in [0.2, 0.25) is 0 Å². The van der Waals surface area contributed by atoms with Gasteiger partial charge in [-0.15, -0.1) is 0 Å². The van der Waals surface area contributed by atoms with Gasteiger partial charge in [0.15, 0.2) is 0 Å². The van der Waals surface area contributed by atoms with E-state index < -0.39 is 17.0 Å². The number of aromatic nitrogens is 1. The standard InChI is InChI=1S/C22H29N3O5/c1-5-29-17(26)7-6-15-12-16-13-22(19(27)24-18(16)23-14-15)8-10-25(11-9-22)20(28)30-21(2,3)4/h6-7,12,14H,5,8-11,13H2,1-4H3,(H,23,24,27)/b7-6+. The van der Waals surface area contributed by atoms with Gasteiger partial charge >= 0.3 is 12.1 Å². The summed E-state index contributed by atoms with van der Waals surface area (Å²) in [6.07, 6.45) is 5.94. The summed E-state index contributed by atoms with van der Waals surface area (Å²) in [6.45, 7) is 8.51. The first-order valence-electron chi connectivity index (χ1n) is 10.2. The summed E-state index contributed by atoms with van der Waals surface area (Å²) >= 11 is 0. The average Bonchev–Trinajstić information content (AvgIpc) is 2.67. The van der Waals surface area contributed by atoms with Crippen molar-refractivity contribution in [1.29, 1.82) is 0 Å². The summed E-state index contributed by atoms with van der Waals surface area (Å²) in [5.74, 6) is 0.0872. The third-order valence-corrected chi connectivity index (χ3v) is 5.30. The van der Waals surface area contributed by atoms with Crippen LogP contribution in [0.3, 0.4) is 0 Å². The topological polar surface area (TPSA) is 97.8 Å². The molecule has 0 unspecified atom stereocenters. The minimum absolute atomic E-state index is 0.0545. The van der Waals surface area contributed by atoms with Crippen molar-refractivity contribution in [3.8, 4) is 0 Å². The number of nitrogens with one attached hydrogen (secondary N) is 1. The molecule has 8 heteroatoms. The minimum atomic E-state index is -0.573. The maximum absolute atomic E-state index is 12.9. The van der Waals surface area contributed by atoms with Crippen LogP contribution in [0.4, 0.5) is 10.6 Å². The van der Waals surface area contributed by atoms with E-state index in [1.807, 2.05) is 26.8 Å². The Hall–Kier alpha value is -2.90. The summed E-state index contributed by atoms with van der Waals surface area (Å²) < 4.78 is 10.3. The number of piperidine rings is 1. The second-order valence-corrected chi connectivity index (χ2v) is 8.74. The summed E-state index contributed by atoms with van der Waals surface area (Å²) in [5.41, 5.74) is 0.564. The highest BCUT2D eigenvalue weighted by Gasteiger charge is 2.46. The summed E-state index contributed by atoms with van der Waals surface area (Å²) in [6, 6.07) is 1.93. The van der Waals surface area contributed by atoms with Gasteiger partial charge in [0, 0.05) is 25.4 Å². The van der Waals surface area contributed by atoms with Crippen molar-refractivity contribution < 1.29 is 23.9 Å². The van der Waals surface area contributed by atoms with Crippen molar-refractivity contribution in [2.75, 3.05) is 25.0 Å². The lowest BCUT2D eigenvalue weighted by Gasteiger charge is -2.43. The van der Waals surface area contributed by atoms with Crippen molar-refractivity contribution in [3.63, 3.8) is 0 Å². The van der Waals surface area contributed by atoms with E-state index in [0.717, 1.165) is 11.1 Å². The maximum Gasteiger partial charge on any atom is 0.410 e. The molecule has 1 saturated heterocycles. The fourth-order valence-corrected chi connectivity index (χ4v) is 3.75. The van der Waals surface area contributed by atoms with Crippen LogP contribution in [0.1, 0.15) is 51.7 Å². The van der Waals surface area contributed by atoms with Gasteiger partial charge in [-0.2, -0.15) is 0 Å². The van der Waals surface area contributed by atoms with Crippen LogP contribution >= 0.6 is 0 Å². The zero-order chi connectivity index (χ0) is 21.9. The SMILES string of the molecule is CCOC(=O)/C=C/c1cnc2c(c1)CC1(CCN(C(=O)OC(C)(C)C)CC1)C(=O)N2. The number of hydrogen-bond donors (Lipinski definition) is 1. The van der Waals surface area contributed by atoms with Gasteiger partial charge in [0.05, 0.1) is 12.0 Å². The highest BCUT2D eigenvalue weighted by molar-refractivity contribution is 5.98. The molecule has 3 heterocycles. The van der Waals surface area contributed by atoms with Crippen molar-refractivity contribution in [3.05, 3.63) is 29.5 Å². The lowest BCUT2D eigenvalue weighted by molar-refractivity contribution is -0.137. The van der Waals surface area contributed by atoms with Gasteiger partial charge in [-0.25, -0.2) is 14.6 Å². The quantitative estimate of drug-likeness (QED) is 0.602. The molecular weight excluding hydrogens is 386 g/mol. The van der Waals surface area contributed by atoms with Gasteiger partial charge in [0.2, 0.25) is 5.91 Å². The number of fused-ring (bicyclic) bond motifs is 1. The predicted molar refractivity (Wildman–Crippen MR) is 112 cm³/mol. The molecule has 1 fully saturated rings. The average molecular weight is 415 g/mol. The number of rotatable bonds is 3. The van der Waals surface area contributed by atoms with E-state index in [1.54, 1.807) is 24.1 Å². The fourth-order valence-electron chi connectivity index (χ4n) is 3.75. The first-order chi connectivity index (χ1) is 14.1. The van der Waals surface area contributed by atoms with E-state index in [-0.39, 0.29) is 12.0 Å². The summed E-state index contributed by atoms with van der Waals surface area (Å²) in [7, 11) is 0. The first kappa shape index (κ1) is 21.8. The zero-order valence-electron chi connectivity index (χ0n) is 18.0. The largest absolute Gasteiger partial charge is 0.463 e. The van der Waals surface area contributed by atoms with Gasteiger partial charge in [-0.1, -0.05) is 0 Å². The Morgan fingerprint density at radius 1 is 1.30 bits per heavy atom. The van der Waals surface area contributed by atoms with Crippen molar-refractivity contribution >= 4 is 29.9 Å². The molecule has 8 nitrogen and oxygen atoms in total. The highest BCUT2D eigenvalue weighted by atomic mass is 16.6. The Bertz CT molecular complexity index is 864. The van der Waals surface area contributed by atoms with Crippen LogP contribution in [0, 0.1) is 5.41 Å². The van der Waals surface area contributed by atoms with Crippen LogP contribution in [0.25, 0.3) is 6.08 Å². The number of carbonyl (C=O) groups excluding carboxylic acids is 3. The number of carbonyl (C=O) groups is 3. The third-order valence-electron chi connectivity index (χ3n) is 5.30. The highest BCUT2D eigenvalue weighted by Crippen LogP contribution is 2.41. The first-order valence-corrected chi connectivity index (χ1v) is 10.2. The van der Waals surface area contributed by atoms with Gasteiger partial charge in [0.1, 0.15) is 11.4 Å². The Morgan fingerprint density at radius 3 is 2.63 bits per heavy atom. The molecule has 2 aliphatic rings. The smallest absolute Gasteiger partial charge is 0.410 e. The molecule has 0 radical (unpaired) electrons. The molecule has 2 amide bonds. The van der Waals surface area contributed by atoms with Crippen molar-refractivity contribution in [1.82, 2.24) is 9.88 Å². The van der Waals surface area contributed by atoms with E-state index in [1.165, 1.54) is 6.08 Å². The number of ether oxygens (including phenoxy) is 2. The second kappa shape index (κ2) is 8.45. The Balaban J connectivity index is 1.70. The van der Waals surface area contributed by atoms with Crippen LogP contribution in [0.5, 0.6) is 0 Å². The van der Waals surface area contributed by atoms with Crippen molar-refractivity contribution in [2.24, 2.45) is 5.41 Å². The van der Waals surface area contributed by atoms with Crippen molar-refractivity contribution in [2.45, 2.75) is 52.6 Å². The van der Waals surface area contributed by atoms with Gasteiger partial charge in [0.25, 0.3) is 0 Å². The molecule has 0 atom stereocenters. The van der Waals surface area contributed by atoms with Gasteiger partial charge in [-0.05, 0) is 70.2 Å². The fraction of sp³-hybridized carbons (Fsp3) is 0.545. The van der Waals surface area contributed by atoms with Gasteiger partial charge < -0.3 is 19.7 Å². The molecule has 1 N–H and O–H groups in total. The van der Waals surface area contributed by atoms with Crippen LogP contribution < -0.4 is 5.32 Å². The van der Waals surface area contributed by atoms with E-state index in [2.05, 4.69) is 10.3 Å². The summed E-state index contributed by atoms with van der Waals surface area (Å²) in [4.78, 5) is 42.7. The molecule has 3 rings (SSSR count). The second-order valence-electron chi connectivity index (χ2n) is 8.74. The van der Waals surface area contributed by atoms with Crippen LogP contribution in [-0.4, -0.2) is 53.2 Å². The number of likely N-dealkylation sites (tertiary alicyclic amines) is 1. The molecule has 0 bridgehead atoms. The molecule has 1 aromatic rings. The molecule has 1 spiro atoms. The number of hydrogen-bond acceptors (Lipinski definition) is 6. The van der Waals surface area contributed by atoms with E-state index >= 15 is 0 Å². The van der Waals surface area contributed by atoms with E-state index in [9.17, 15) is 14.4 Å². The minimum Gasteiger partial charge on any atom is -0.463 e. The molecule has 162 valence electrons. The predicted octanol–water partition coefficient (Wildman–Crippen LogP) is 3.17. The van der Waals surface area contributed by atoms with E-state index in [4.69, 9.17) is 9.47 Å². The molecule has 0 saturated carbocycles. The molecule has 30 heavy (non-hydrogen) atoms. The third kappa shape index (κ3) is 4.98. The number of nitrogens with zero attached hydrogens (tertiary/aromatic N) is 2. The Labute approximate surface area is 176 Å². The lowest BCUT2D eigenvalue weighted by atomic mass is 9.71. The lowest BCUT2D eigenvalue weighted by Crippen LogP contribution is -2.51. The normalized spacial score (nSPS) is 18.1. The monoisotopic (exact) mass is 415 g/mol. The molecule has 0 aliphatic carbocycles. The maximum atomic E-state index is 12.9. The van der Waals surface area contributed by atoms with Crippen LogP contribution in [0.15, 0.2) is 18.3 Å². The molecule has 2 aliphatic heterocycles. The Morgan fingerprint density at radius 2 is 2.00 bits per heavy atom. The molecule has 1 aromatic heterocycles. The zero-order valence-corrected chi connectivity index (χ0v) is 18.0. The summed E-state index contributed by atoms with van der Waals surface area (Å²) in [5, 5.41) is 2.91. The number of amides is 2. The molecular formula is C22H29N3O5. The number of esters is 1. The van der Waals surface area contributed by atoms with Gasteiger partial charge in [-0.3, -0.25) is 4.79 Å². The van der Waals surface area contributed by atoms with E-state index in [0.29, 0.717) is 44.8 Å².